The number of rotatable bonds is 6. The molecule has 0 aliphatic rings. The van der Waals surface area contributed by atoms with Crippen molar-refractivity contribution in [3.8, 4) is 27.6 Å². The van der Waals surface area contributed by atoms with Crippen LogP contribution in [-0.2, 0) is 11.2 Å². The standard InChI is InChI=1S/C23H19N3O2S/c1-28-18-11-9-17(10-12-18)19-15-24-23(22(25-19)20-8-5-13-29-20)26-21(27)14-16-6-3-2-4-7-16/h2-13,15H,14H2,1H3,(H,24,26,27). The molecule has 0 radical (unpaired) electrons. The van der Waals surface area contributed by atoms with E-state index >= 15 is 0 Å². The van der Waals surface area contributed by atoms with Crippen LogP contribution in [0.4, 0.5) is 5.82 Å². The fourth-order valence-electron chi connectivity index (χ4n) is 2.92. The van der Waals surface area contributed by atoms with E-state index in [1.165, 1.54) is 0 Å². The lowest BCUT2D eigenvalue weighted by molar-refractivity contribution is -0.115. The molecule has 0 aliphatic heterocycles. The van der Waals surface area contributed by atoms with Crippen LogP contribution < -0.4 is 10.1 Å². The first-order chi connectivity index (χ1) is 14.2. The SMILES string of the molecule is COc1ccc(-c2cnc(NC(=O)Cc3ccccc3)c(-c3cccs3)n2)cc1. The molecule has 0 aliphatic carbocycles. The highest BCUT2D eigenvalue weighted by Crippen LogP contribution is 2.31. The zero-order valence-corrected chi connectivity index (χ0v) is 16.6. The first-order valence-corrected chi connectivity index (χ1v) is 10.00. The summed E-state index contributed by atoms with van der Waals surface area (Å²) in [6.45, 7) is 0. The van der Waals surface area contributed by atoms with Gasteiger partial charge in [-0.1, -0.05) is 36.4 Å². The van der Waals surface area contributed by atoms with Crippen LogP contribution in [0.2, 0.25) is 0 Å². The summed E-state index contributed by atoms with van der Waals surface area (Å²) in [7, 11) is 1.64. The van der Waals surface area contributed by atoms with E-state index < -0.39 is 0 Å². The number of nitrogens with one attached hydrogen (secondary N) is 1. The van der Waals surface area contributed by atoms with Gasteiger partial charge in [-0.15, -0.1) is 11.3 Å². The van der Waals surface area contributed by atoms with Crippen molar-refractivity contribution in [2.24, 2.45) is 0 Å². The molecular formula is C23H19N3O2S. The number of thiophene rings is 1. The minimum absolute atomic E-state index is 0.125. The Hall–Kier alpha value is -3.51. The van der Waals surface area contributed by atoms with E-state index in [2.05, 4.69) is 10.3 Å². The van der Waals surface area contributed by atoms with Gasteiger partial charge in [-0.3, -0.25) is 4.79 Å². The first kappa shape index (κ1) is 18.8. The van der Waals surface area contributed by atoms with Crippen LogP contribution in [-0.4, -0.2) is 23.0 Å². The fourth-order valence-corrected chi connectivity index (χ4v) is 3.64. The van der Waals surface area contributed by atoms with E-state index in [9.17, 15) is 4.79 Å². The third-order valence-electron chi connectivity index (χ3n) is 4.38. The van der Waals surface area contributed by atoms with Gasteiger partial charge >= 0.3 is 0 Å². The zero-order chi connectivity index (χ0) is 20.1. The maximum Gasteiger partial charge on any atom is 0.230 e. The summed E-state index contributed by atoms with van der Waals surface area (Å²) in [4.78, 5) is 22.8. The second-order valence-electron chi connectivity index (χ2n) is 6.37. The number of ether oxygens (including phenoxy) is 1. The molecule has 0 bridgehead atoms. The highest BCUT2D eigenvalue weighted by Gasteiger charge is 2.15. The summed E-state index contributed by atoms with van der Waals surface area (Å²) < 4.78 is 5.22. The lowest BCUT2D eigenvalue weighted by Gasteiger charge is -2.11. The van der Waals surface area contributed by atoms with Gasteiger partial charge in [-0.2, -0.15) is 0 Å². The van der Waals surface area contributed by atoms with Crippen molar-refractivity contribution < 1.29 is 9.53 Å². The smallest absolute Gasteiger partial charge is 0.230 e. The van der Waals surface area contributed by atoms with E-state index in [0.717, 1.165) is 27.4 Å². The molecule has 2 aromatic heterocycles. The van der Waals surface area contributed by atoms with E-state index in [1.807, 2.05) is 72.1 Å². The van der Waals surface area contributed by atoms with Gasteiger partial charge < -0.3 is 10.1 Å². The molecular weight excluding hydrogens is 382 g/mol. The fraction of sp³-hybridized carbons (Fsp3) is 0.0870. The number of hydrogen-bond acceptors (Lipinski definition) is 5. The molecule has 2 aromatic carbocycles. The quantitative estimate of drug-likeness (QED) is 0.490. The molecule has 144 valence electrons. The Balaban J connectivity index is 1.63. The number of nitrogens with zero attached hydrogens (tertiary/aromatic N) is 2. The van der Waals surface area contributed by atoms with Gasteiger partial charge in [0.2, 0.25) is 5.91 Å². The van der Waals surface area contributed by atoms with E-state index in [0.29, 0.717) is 11.5 Å². The lowest BCUT2D eigenvalue weighted by atomic mass is 10.1. The van der Waals surface area contributed by atoms with Gasteiger partial charge in [-0.25, -0.2) is 9.97 Å². The van der Waals surface area contributed by atoms with Crippen LogP contribution in [0.3, 0.4) is 0 Å². The van der Waals surface area contributed by atoms with Crippen LogP contribution >= 0.6 is 11.3 Å². The van der Waals surface area contributed by atoms with Crippen LogP contribution in [0.15, 0.2) is 78.3 Å². The summed E-state index contributed by atoms with van der Waals surface area (Å²) in [5.74, 6) is 1.12. The van der Waals surface area contributed by atoms with Gasteiger partial charge in [0.15, 0.2) is 5.82 Å². The third-order valence-corrected chi connectivity index (χ3v) is 5.25. The molecule has 6 heteroatoms. The second kappa shape index (κ2) is 8.67. The molecule has 5 nitrogen and oxygen atoms in total. The molecule has 0 saturated carbocycles. The van der Waals surface area contributed by atoms with Crippen molar-refractivity contribution >= 4 is 23.1 Å². The predicted octanol–water partition coefficient (Wildman–Crippen LogP) is 5.06. The number of hydrogen-bond donors (Lipinski definition) is 1. The van der Waals surface area contributed by atoms with Crippen LogP contribution in [0.25, 0.3) is 21.8 Å². The highest BCUT2D eigenvalue weighted by atomic mass is 32.1. The van der Waals surface area contributed by atoms with Crippen molar-refractivity contribution in [2.45, 2.75) is 6.42 Å². The molecule has 1 amide bonds. The van der Waals surface area contributed by atoms with Crippen LogP contribution in [0.1, 0.15) is 5.56 Å². The predicted molar refractivity (Wildman–Crippen MR) is 116 cm³/mol. The van der Waals surface area contributed by atoms with Gasteiger partial charge in [0.05, 0.1) is 30.3 Å². The Morgan fingerprint density at radius 1 is 1.03 bits per heavy atom. The Morgan fingerprint density at radius 2 is 1.83 bits per heavy atom. The van der Waals surface area contributed by atoms with E-state index in [1.54, 1.807) is 24.6 Å². The average molecular weight is 401 g/mol. The Morgan fingerprint density at radius 3 is 2.52 bits per heavy atom. The number of anilines is 1. The van der Waals surface area contributed by atoms with Crippen LogP contribution in [0, 0.1) is 0 Å². The molecule has 2 heterocycles. The molecule has 0 spiro atoms. The molecule has 0 atom stereocenters. The minimum atomic E-state index is -0.125. The topological polar surface area (TPSA) is 64.1 Å². The molecule has 0 unspecified atom stereocenters. The van der Waals surface area contributed by atoms with Crippen molar-refractivity contribution in [1.29, 1.82) is 0 Å². The van der Waals surface area contributed by atoms with Gasteiger partial charge in [0.1, 0.15) is 11.4 Å². The first-order valence-electron chi connectivity index (χ1n) is 9.12. The lowest BCUT2D eigenvalue weighted by Crippen LogP contribution is -2.16. The van der Waals surface area contributed by atoms with Crippen molar-refractivity contribution in [2.75, 3.05) is 12.4 Å². The normalized spacial score (nSPS) is 10.5. The molecule has 0 fully saturated rings. The molecule has 4 aromatic rings. The number of aromatic nitrogens is 2. The number of amides is 1. The third kappa shape index (κ3) is 4.50. The average Bonchev–Trinajstić information content (AvgIpc) is 3.29. The number of carbonyl (C=O) groups excluding carboxylic acids is 1. The highest BCUT2D eigenvalue weighted by molar-refractivity contribution is 7.13. The largest absolute Gasteiger partial charge is 0.497 e. The van der Waals surface area contributed by atoms with Gasteiger partial charge in [0, 0.05) is 5.56 Å². The number of benzene rings is 2. The van der Waals surface area contributed by atoms with Crippen LogP contribution in [0.5, 0.6) is 5.75 Å². The van der Waals surface area contributed by atoms with E-state index in [-0.39, 0.29) is 12.3 Å². The molecule has 0 saturated heterocycles. The summed E-state index contributed by atoms with van der Waals surface area (Å²) >= 11 is 1.56. The molecule has 4 rings (SSSR count). The Labute approximate surface area is 173 Å². The Kier molecular flexibility index (Phi) is 5.63. The minimum Gasteiger partial charge on any atom is -0.497 e. The summed E-state index contributed by atoms with van der Waals surface area (Å²) in [5.41, 5.74) is 3.27. The van der Waals surface area contributed by atoms with Crippen molar-refractivity contribution in [1.82, 2.24) is 9.97 Å². The summed E-state index contributed by atoms with van der Waals surface area (Å²) in [5, 5.41) is 4.90. The van der Waals surface area contributed by atoms with Crippen molar-refractivity contribution in [3.63, 3.8) is 0 Å². The number of methoxy groups -OCH3 is 1. The maximum atomic E-state index is 12.5. The van der Waals surface area contributed by atoms with Gasteiger partial charge in [-0.05, 0) is 41.3 Å². The monoisotopic (exact) mass is 401 g/mol. The second-order valence-corrected chi connectivity index (χ2v) is 7.32. The zero-order valence-electron chi connectivity index (χ0n) is 15.8. The maximum absolute atomic E-state index is 12.5. The Bertz CT molecular complexity index is 1090. The summed E-state index contributed by atoms with van der Waals surface area (Å²) in [6, 6.07) is 21.2. The number of carbonyl (C=O) groups is 1. The summed E-state index contributed by atoms with van der Waals surface area (Å²) in [6.07, 6.45) is 1.96. The van der Waals surface area contributed by atoms with Crippen molar-refractivity contribution in [3.05, 3.63) is 83.9 Å². The molecule has 1 N–H and O–H groups in total. The molecule has 29 heavy (non-hydrogen) atoms. The van der Waals surface area contributed by atoms with E-state index in [4.69, 9.17) is 9.72 Å². The van der Waals surface area contributed by atoms with Gasteiger partial charge in [0.25, 0.3) is 0 Å².